The molecule has 0 fully saturated rings. The summed E-state index contributed by atoms with van der Waals surface area (Å²) < 4.78 is 4.54. The zero-order valence-electron chi connectivity index (χ0n) is 10.5. The molecule has 0 heterocycles. The van der Waals surface area contributed by atoms with Crippen molar-refractivity contribution in [2.75, 3.05) is 7.11 Å². The maximum absolute atomic E-state index is 11.0. The number of amides is 1. The van der Waals surface area contributed by atoms with Gasteiger partial charge in [0.25, 0.3) is 0 Å². The maximum atomic E-state index is 11.0. The lowest BCUT2D eigenvalue weighted by atomic mass is 10.0. The summed E-state index contributed by atoms with van der Waals surface area (Å²) >= 11 is 0. The highest BCUT2D eigenvalue weighted by Crippen LogP contribution is 2.08. The van der Waals surface area contributed by atoms with E-state index in [0.29, 0.717) is 6.42 Å². The normalized spacial score (nSPS) is 11.3. The van der Waals surface area contributed by atoms with Gasteiger partial charge in [-0.25, -0.2) is 4.79 Å². The molecule has 0 aliphatic carbocycles. The minimum Gasteiger partial charge on any atom is -0.453 e. The second kappa shape index (κ2) is 5.22. The molecule has 1 N–H and O–H groups in total. The lowest BCUT2D eigenvalue weighted by molar-refractivity contribution is 0.160. The zero-order chi connectivity index (χ0) is 12.1. The van der Waals surface area contributed by atoms with Gasteiger partial charge in [0.2, 0.25) is 0 Å². The van der Waals surface area contributed by atoms with Crippen LogP contribution in [0.2, 0.25) is 19.6 Å². The summed E-state index contributed by atoms with van der Waals surface area (Å²) in [5, 5.41) is 2.74. The van der Waals surface area contributed by atoms with Gasteiger partial charge in [-0.05, 0) is 13.8 Å². The van der Waals surface area contributed by atoms with E-state index in [9.17, 15) is 4.79 Å². The fraction of sp³-hybridized carbons (Fsp3) is 0.727. The molecule has 3 nitrogen and oxygen atoms in total. The van der Waals surface area contributed by atoms with E-state index in [4.69, 9.17) is 0 Å². The Labute approximate surface area is 93.6 Å². The van der Waals surface area contributed by atoms with Crippen molar-refractivity contribution in [2.45, 2.75) is 45.4 Å². The number of hydrogen-bond donors (Lipinski definition) is 1. The van der Waals surface area contributed by atoms with E-state index in [1.54, 1.807) is 0 Å². The molecule has 0 spiro atoms. The predicted octanol–water partition coefficient (Wildman–Crippen LogP) is 2.39. The summed E-state index contributed by atoms with van der Waals surface area (Å²) in [6.45, 7) is 10.5. The number of rotatable bonds is 2. The first-order chi connectivity index (χ1) is 6.66. The molecule has 4 heteroatoms. The van der Waals surface area contributed by atoms with E-state index in [-0.39, 0.29) is 5.54 Å². The number of hydrogen-bond acceptors (Lipinski definition) is 2. The number of alkyl carbamates (subject to hydrolysis) is 1. The van der Waals surface area contributed by atoms with Crippen molar-refractivity contribution in [3.05, 3.63) is 0 Å². The molecular formula is C11H21NO2Si. The topological polar surface area (TPSA) is 38.3 Å². The van der Waals surface area contributed by atoms with Gasteiger partial charge in [0, 0.05) is 12.0 Å². The summed E-state index contributed by atoms with van der Waals surface area (Å²) in [6, 6.07) is 0. The number of ether oxygens (including phenoxy) is 1. The van der Waals surface area contributed by atoms with Crippen molar-refractivity contribution in [3.63, 3.8) is 0 Å². The first-order valence-electron chi connectivity index (χ1n) is 5.02. The molecule has 15 heavy (non-hydrogen) atoms. The lowest BCUT2D eigenvalue weighted by Crippen LogP contribution is -2.43. The van der Waals surface area contributed by atoms with E-state index >= 15 is 0 Å². The van der Waals surface area contributed by atoms with Crippen LogP contribution in [-0.4, -0.2) is 26.8 Å². The summed E-state index contributed by atoms with van der Waals surface area (Å²) in [7, 11) is 0.0500. The van der Waals surface area contributed by atoms with Gasteiger partial charge in [-0.15, -0.1) is 11.5 Å². The van der Waals surface area contributed by atoms with Crippen molar-refractivity contribution in [2.24, 2.45) is 0 Å². The average Bonchev–Trinajstić information content (AvgIpc) is 2.00. The third-order valence-corrected chi connectivity index (χ3v) is 2.55. The fourth-order valence-corrected chi connectivity index (χ4v) is 1.52. The van der Waals surface area contributed by atoms with Crippen LogP contribution in [0.5, 0.6) is 0 Å². The van der Waals surface area contributed by atoms with Crippen LogP contribution in [0.4, 0.5) is 4.79 Å². The van der Waals surface area contributed by atoms with E-state index < -0.39 is 14.2 Å². The maximum Gasteiger partial charge on any atom is 0.407 e. The molecule has 0 bridgehead atoms. The Morgan fingerprint density at radius 1 is 1.40 bits per heavy atom. The summed E-state index contributed by atoms with van der Waals surface area (Å²) in [5.41, 5.74) is 2.93. The standard InChI is InChI=1S/C11H21NO2Si/c1-11(2,12-10(13)14-3)8-7-9-15(4,5)6/h8H2,1-6H3,(H,12,13). The Hall–Kier alpha value is -0.953. The van der Waals surface area contributed by atoms with Gasteiger partial charge in [0.15, 0.2) is 0 Å². The van der Waals surface area contributed by atoms with Crippen molar-refractivity contribution >= 4 is 14.2 Å². The van der Waals surface area contributed by atoms with Crippen LogP contribution in [0.3, 0.4) is 0 Å². The molecule has 0 radical (unpaired) electrons. The Kier molecular flexibility index (Phi) is 4.89. The van der Waals surface area contributed by atoms with E-state index in [1.807, 2.05) is 13.8 Å². The van der Waals surface area contributed by atoms with Crippen LogP contribution in [0.25, 0.3) is 0 Å². The molecule has 0 atom stereocenters. The van der Waals surface area contributed by atoms with E-state index in [0.717, 1.165) is 0 Å². The molecule has 0 saturated heterocycles. The van der Waals surface area contributed by atoms with E-state index in [2.05, 4.69) is 41.2 Å². The van der Waals surface area contributed by atoms with Gasteiger partial charge in [-0.2, -0.15) is 0 Å². The number of nitrogens with one attached hydrogen (secondary N) is 1. The number of carbonyl (C=O) groups excluding carboxylic acids is 1. The van der Waals surface area contributed by atoms with Crippen LogP contribution in [0.1, 0.15) is 20.3 Å². The molecular weight excluding hydrogens is 206 g/mol. The van der Waals surface area contributed by atoms with Gasteiger partial charge in [0.05, 0.1) is 7.11 Å². The second-order valence-electron chi connectivity index (χ2n) is 5.23. The number of methoxy groups -OCH3 is 1. The minimum atomic E-state index is -1.31. The predicted molar refractivity (Wildman–Crippen MR) is 65.4 cm³/mol. The highest BCUT2D eigenvalue weighted by Gasteiger charge is 2.19. The molecule has 0 aromatic carbocycles. The number of carbonyl (C=O) groups is 1. The first-order valence-corrected chi connectivity index (χ1v) is 8.52. The monoisotopic (exact) mass is 227 g/mol. The molecule has 0 aromatic heterocycles. The van der Waals surface area contributed by atoms with Crippen molar-refractivity contribution in [1.29, 1.82) is 0 Å². The Morgan fingerprint density at radius 2 is 1.93 bits per heavy atom. The smallest absolute Gasteiger partial charge is 0.407 e. The second-order valence-corrected chi connectivity index (χ2v) is 9.98. The molecule has 0 rings (SSSR count). The average molecular weight is 227 g/mol. The SMILES string of the molecule is COC(=O)NC(C)(C)CC#C[Si](C)(C)C. The quantitative estimate of drug-likeness (QED) is 0.581. The van der Waals surface area contributed by atoms with Gasteiger partial charge in [0.1, 0.15) is 8.07 Å². The van der Waals surface area contributed by atoms with Crippen molar-refractivity contribution < 1.29 is 9.53 Å². The summed E-state index contributed by atoms with van der Waals surface area (Å²) in [5.74, 6) is 3.14. The fourth-order valence-electron chi connectivity index (χ4n) is 0.902. The van der Waals surface area contributed by atoms with Crippen LogP contribution < -0.4 is 5.32 Å². The van der Waals surface area contributed by atoms with Crippen LogP contribution >= 0.6 is 0 Å². The third-order valence-electron chi connectivity index (χ3n) is 1.62. The summed E-state index contributed by atoms with van der Waals surface area (Å²) in [4.78, 5) is 11.0. The molecule has 0 aliphatic heterocycles. The van der Waals surface area contributed by atoms with E-state index in [1.165, 1.54) is 7.11 Å². The lowest BCUT2D eigenvalue weighted by Gasteiger charge is -2.22. The molecule has 0 aromatic rings. The van der Waals surface area contributed by atoms with Gasteiger partial charge in [-0.1, -0.05) is 19.6 Å². The molecule has 0 saturated carbocycles. The van der Waals surface area contributed by atoms with Crippen molar-refractivity contribution in [1.82, 2.24) is 5.32 Å². The Bertz CT molecular complexity index is 281. The molecule has 1 amide bonds. The van der Waals surface area contributed by atoms with Gasteiger partial charge in [-0.3, -0.25) is 0 Å². The summed E-state index contributed by atoms with van der Waals surface area (Å²) in [6.07, 6.45) is 0.238. The zero-order valence-corrected chi connectivity index (χ0v) is 11.5. The molecule has 0 aliphatic rings. The minimum absolute atomic E-state index is 0.334. The van der Waals surface area contributed by atoms with Crippen molar-refractivity contribution in [3.8, 4) is 11.5 Å². The molecule has 86 valence electrons. The first kappa shape index (κ1) is 14.0. The van der Waals surface area contributed by atoms with Crippen LogP contribution in [0, 0.1) is 11.5 Å². The Balaban J connectivity index is 4.25. The van der Waals surface area contributed by atoms with Gasteiger partial charge >= 0.3 is 6.09 Å². The van der Waals surface area contributed by atoms with Crippen LogP contribution in [0.15, 0.2) is 0 Å². The Morgan fingerprint density at radius 3 is 2.33 bits per heavy atom. The molecule has 0 unspecified atom stereocenters. The van der Waals surface area contributed by atoms with Gasteiger partial charge < -0.3 is 10.1 Å². The highest BCUT2D eigenvalue weighted by molar-refractivity contribution is 6.83. The third kappa shape index (κ3) is 8.07. The largest absolute Gasteiger partial charge is 0.453 e. The highest BCUT2D eigenvalue weighted by atomic mass is 28.3. The van der Waals surface area contributed by atoms with Crippen LogP contribution in [-0.2, 0) is 4.74 Å².